The Morgan fingerprint density at radius 1 is 1.18 bits per heavy atom. The molecule has 0 bridgehead atoms. The second-order valence-electron chi connectivity index (χ2n) is 4.28. The number of nitrogens with zero attached hydrogens (tertiary/aromatic N) is 1. The molecule has 0 aliphatic carbocycles. The molecule has 0 spiro atoms. The number of aromatic carboxylic acids is 1. The van der Waals surface area contributed by atoms with Crippen LogP contribution in [0.3, 0.4) is 0 Å². The van der Waals surface area contributed by atoms with E-state index in [2.05, 4.69) is 4.74 Å². The summed E-state index contributed by atoms with van der Waals surface area (Å²) in [4.78, 5) is 35.0. The molecule has 1 heterocycles. The number of aromatic nitrogens is 1. The minimum atomic E-state index is -1.31. The molecule has 114 valence electrons. The Bertz CT molecular complexity index is 793. The second kappa shape index (κ2) is 6.13. The van der Waals surface area contributed by atoms with Gasteiger partial charge < -0.3 is 19.1 Å². The third kappa shape index (κ3) is 2.69. The van der Waals surface area contributed by atoms with Crippen LogP contribution in [-0.4, -0.2) is 35.8 Å². The Morgan fingerprint density at radius 3 is 2.45 bits per heavy atom. The number of esters is 1. The summed E-state index contributed by atoms with van der Waals surface area (Å²) in [5, 5.41) is 9.28. The summed E-state index contributed by atoms with van der Waals surface area (Å²) in [5.74, 6) is -1.96. The van der Waals surface area contributed by atoms with Crippen molar-refractivity contribution in [3.05, 3.63) is 58.0 Å². The summed E-state index contributed by atoms with van der Waals surface area (Å²) in [6, 6.07) is 7.24. The lowest BCUT2D eigenvalue weighted by molar-refractivity contribution is 0.0598. The van der Waals surface area contributed by atoms with E-state index in [9.17, 15) is 19.5 Å². The quantitative estimate of drug-likeness (QED) is 0.856. The monoisotopic (exact) mass is 303 g/mol. The maximum atomic E-state index is 11.8. The fourth-order valence-corrected chi connectivity index (χ4v) is 2.00. The molecule has 0 saturated carbocycles. The van der Waals surface area contributed by atoms with E-state index in [1.165, 1.54) is 31.0 Å². The number of carbonyl (C=O) groups is 2. The highest BCUT2D eigenvalue weighted by molar-refractivity contribution is 5.94. The third-order valence-corrected chi connectivity index (χ3v) is 3.02. The number of carboxylic acids is 1. The molecule has 1 N–H and O–H groups in total. The molecule has 1 aromatic carbocycles. The van der Waals surface area contributed by atoms with Crippen LogP contribution in [0.25, 0.3) is 5.69 Å². The third-order valence-electron chi connectivity index (χ3n) is 3.02. The van der Waals surface area contributed by atoms with Gasteiger partial charge >= 0.3 is 11.9 Å². The van der Waals surface area contributed by atoms with E-state index in [4.69, 9.17) is 4.74 Å². The van der Waals surface area contributed by atoms with E-state index in [-0.39, 0.29) is 22.7 Å². The summed E-state index contributed by atoms with van der Waals surface area (Å²) in [7, 11) is 2.52. The molecule has 0 fully saturated rings. The zero-order valence-electron chi connectivity index (χ0n) is 11.9. The standard InChI is InChI=1S/C15H13NO6/c1-21-13-8-16(11(14(18)19)7-12(13)17)10-6-4-3-5-9(10)15(20)22-2/h3-8H,1-2H3,(H,18,19). The summed E-state index contributed by atoms with van der Waals surface area (Å²) in [6.45, 7) is 0. The van der Waals surface area contributed by atoms with Crippen molar-refractivity contribution in [3.8, 4) is 11.4 Å². The maximum Gasteiger partial charge on any atom is 0.353 e. The van der Waals surface area contributed by atoms with Crippen LogP contribution in [0.2, 0.25) is 0 Å². The molecule has 0 amide bonds. The number of pyridine rings is 1. The van der Waals surface area contributed by atoms with Crippen molar-refractivity contribution in [2.45, 2.75) is 0 Å². The summed E-state index contributed by atoms with van der Waals surface area (Å²) >= 11 is 0. The molecular formula is C15H13NO6. The van der Waals surface area contributed by atoms with Gasteiger partial charge in [0.15, 0.2) is 5.75 Å². The maximum absolute atomic E-state index is 11.8. The zero-order chi connectivity index (χ0) is 16.3. The fourth-order valence-electron chi connectivity index (χ4n) is 2.00. The van der Waals surface area contributed by atoms with E-state index >= 15 is 0 Å². The van der Waals surface area contributed by atoms with Gasteiger partial charge in [0.1, 0.15) is 5.69 Å². The van der Waals surface area contributed by atoms with Crippen LogP contribution in [-0.2, 0) is 4.74 Å². The van der Waals surface area contributed by atoms with E-state index in [0.29, 0.717) is 0 Å². The van der Waals surface area contributed by atoms with Crippen LogP contribution >= 0.6 is 0 Å². The predicted molar refractivity (Wildman–Crippen MR) is 76.9 cm³/mol. The van der Waals surface area contributed by atoms with Crippen LogP contribution in [0.5, 0.6) is 5.75 Å². The van der Waals surface area contributed by atoms with Gasteiger partial charge in [0.2, 0.25) is 5.43 Å². The number of benzene rings is 1. The summed E-state index contributed by atoms with van der Waals surface area (Å²) in [6.07, 6.45) is 1.23. The van der Waals surface area contributed by atoms with Crippen molar-refractivity contribution in [2.75, 3.05) is 14.2 Å². The molecule has 0 unspecified atom stereocenters. The van der Waals surface area contributed by atoms with Gasteiger partial charge in [-0.2, -0.15) is 0 Å². The Morgan fingerprint density at radius 2 is 1.86 bits per heavy atom. The number of carbonyl (C=O) groups excluding carboxylic acids is 1. The van der Waals surface area contributed by atoms with Crippen molar-refractivity contribution < 1.29 is 24.2 Å². The molecular weight excluding hydrogens is 290 g/mol. The van der Waals surface area contributed by atoms with Crippen molar-refractivity contribution in [2.24, 2.45) is 0 Å². The van der Waals surface area contributed by atoms with Gasteiger partial charge in [0.25, 0.3) is 0 Å². The Kier molecular flexibility index (Phi) is 4.26. The number of hydrogen-bond acceptors (Lipinski definition) is 5. The number of hydrogen-bond donors (Lipinski definition) is 1. The number of rotatable bonds is 4. The van der Waals surface area contributed by atoms with Crippen LogP contribution < -0.4 is 10.2 Å². The topological polar surface area (TPSA) is 94.8 Å². The summed E-state index contributed by atoms with van der Waals surface area (Å²) < 4.78 is 10.8. The molecule has 22 heavy (non-hydrogen) atoms. The minimum Gasteiger partial charge on any atom is -0.491 e. The van der Waals surface area contributed by atoms with Gasteiger partial charge in [-0.1, -0.05) is 12.1 Å². The molecule has 0 atom stereocenters. The van der Waals surface area contributed by atoms with E-state index in [1.807, 2.05) is 0 Å². The number of ether oxygens (including phenoxy) is 2. The smallest absolute Gasteiger partial charge is 0.353 e. The number of methoxy groups -OCH3 is 2. The van der Waals surface area contributed by atoms with E-state index < -0.39 is 17.4 Å². The van der Waals surface area contributed by atoms with Gasteiger partial charge in [0.05, 0.1) is 31.7 Å². The predicted octanol–water partition coefficient (Wildman–Crippen LogP) is 1.33. The first-order valence-electron chi connectivity index (χ1n) is 6.21. The fraction of sp³-hybridized carbons (Fsp3) is 0.133. The van der Waals surface area contributed by atoms with Crippen LogP contribution in [0.1, 0.15) is 20.8 Å². The van der Waals surface area contributed by atoms with Crippen molar-refractivity contribution in [1.82, 2.24) is 4.57 Å². The lowest BCUT2D eigenvalue weighted by Crippen LogP contribution is -2.19. The SMILES string of the molecule is COC(=O)c1ccccc1-n1cc(OC)c(=O)cc1C(=O)O. The van der Waals surface area contributed by atoms with Gasteiger partial charge in [0, 0.05) is 6.07 Å². The molecule has 0 aliphatic heterocycles. The van der Waals surface area contributed by atoms with Crippen LogP contribution in [0.4, 0.5) is 0 Å². The zero-order valence-corrected chi connectivity index (χ0v) is 11.9. The van der Waals surface area contributed by atoms with Gasteiger partial charge in [-0.15, -0.1) is 0 Å². The number of para-hydroxylation sites is 1. The minimum absolute atomic E-state index is 0.0373. The second-order valence-corrected chi connectivity index (χ2v) is 4.28. The highest BCUT2D eigenvalue weighted by Gasteiger charge is 2.19. The molecule has 2 aromatic rings. The average molecular weight is 303 g/mol. The van der Waals surface area contributed by atoms with Crippen LogP contribution in [0.15, 0.2) is 41.3 Å². The lowest BCUT2D eigenvalue weighted by atomic mass is 10.1. The normalized spacial score (nSPS) is 10.1. The number of carboxylic acid groups (broad SMARTS) is 1. The lowest BCUT2D eigenvalue weighted by Gasteiger charge is -2.15. The summed E-state index contributed by atoms with van der Waals surface area (Å²) in [5.41, 5.74) is -0.419. The molecule has 0 radical (unpaired) electrons. The Labute approximate surface area is 125 Å². The van der Waals surface area contributed by atoms with Crippen molar-refractivity contribution >= 4 is 11.9 Å². The first-order valence-corrected chi connectivity index (χ1v) is 6.21. The molecule has 7 heteroatoms. The highest BCUT2D eigenvalue weighted by Crippen LogP contribution is 2.19. The average Bonchev–Trinajstić information content (AvgIpc) is 2.53. The van der Waals surface area contributed by atoms with Gasteiger partial charge in [-0.05, 0) is 12.1 Å². The Balaban J connectivity index is 2.79. The molecule has 0 aliphatic rings. The first kappa shape index (κ1) is 15.3. The largest absolute Gasteiger partial charge is 0.491 e. The molecule has 1 aromatic heterocycles. The molecule has 7 nitrogen and oxygen atoms in total. The highest BCUT2D eigenvalue weighted by atomic mass is 16.5. The Hall–Kier alpha value is -3.09. The molecule has 2 rings (SSSR count). The van der Waals surface area contributed by atoms with Gasteiger partial charge in [-0.25, -0.2) is 9.59 Å². The molecule has 0 saturated heterocycles. The first-order chi connectivity index (χ1) is 10.5. The van der Waals surface area contributed by atoms with Crippen molar-refractivity contribution in [1.29, 1.82) is 0 Å². The van der Waals surface area contributed by atoms with Gasteiger partial charge in [-0.3, -0.25) is 4.79 Å². The van der Waals surface area contributed by atoms with E-state index in [0.717, 1.165) is 6.07 Å². The van der Waals surface area contributed by atoms with Crippen LogP contribution in [0, 0.1) is 0 Å². The van der Waals surface area contributed by atoms with E-state index in [1.54, 1.807) is 18.2 Å². The van der Waals surface area contributed by atoms with Crippen molar-refractivity contribution in [3.63, 3.8) is 0 Å².